The van der Waals surface area contributed by atoms with Gasteiger partial charge in [-0.25, -0.2) is 0 Å². The second-order valence-corrected chi connectivity index (χ2v) is 5.55. The van der Waals surface area contributed by atoms with Gasteiger partial charge in [0, 0.05) is 7.05 Å². The SMILES string of the molecule is CN1C(=O)C(C)(C2CCCCC2)C(=O)NC1=S. The van der Waals surface area contributed by atoms with Gasteiger partial charge in [-0.2, -0.15) is 0 Å². The summed E-state index contributed by atoms with van der Waals surface area (Å²) in [5.74, 6) is -0.232. The van der Waals surface area contributed by atoms with Crippen LogP contribution in [0.3, 0.4) is 0 Å². The Hall–Kier alpha value is -0.970. The van der Waals surface area contributed by atoms with Crippen molar-refractivity contribution in [3.05, 3.63) is 0 Å². The molecule has 94 valence electrons. The van der Waals surface area contributed by atoms with Crippen molar-refractivity contribution in [1.82, 2.24) is 10.2 Å². The Morgan fingerprint density at radius 2 is 1.88 bits per heavy atom. The van der Waals surface area contributed by atoms with Crippen LogP contribution in [0.2, 0.25) is 0 Å². The van der Waals surface area contributed by atoms with Crippen molar-refractivity contribution in [2.45, 2.75) is 39.0 Å². The molecule has 0 radical (unpaired) electrons. The van der Waals surface area contributed by atoms with Gasteiger partial charge in [-0.05, 0) is 37.9 Å². The standard InChI is InChI=1S/C12H18N2O2S/c1-12(8-6-4-3-5-7-8)9(15)13-11(17)14(2)10(12)16/h8H,3-7H2,1-2H3,(H,13,15,17). The molecule has 0 bridgehead atoms. The first kappa shape index (κ1) is 12.5. The highest BCUT2D eigenvalue weighted by Crippen LogP contribution is 2.41. The molecule has 1 aliphatic heterocycles. The van der Waals surface area contributed by atoms with E-state index in [0.717, 1.165) is 25.7 Å². The quantitative estimate of drug-likeness (QED) is 0.569. The number of carbonyl (C=O) groups is 2. The van der Waals surface area contributed by atoms with Crippen LogP contribution < -0.4 is 5.32 Å². The van der Waals surface area contributed by atoms with Gasteiger partial charge < -0.3 is 5.32 Å². The maximum atomic E-state index is 12.3. The summed E-state index contributed by atoms with van der Waals surface area (Å²) in [7, 11) is 1.63. The lowest BCUT2D eigenvalue weighted by atomic mass is 9.68. The lowest BCUT2D eigenvalue weighted by Crippen LogP contribution is -2.64. The van der Waals surface area contributed by atoms with Gasteiger partial charge >= 0.3 is 0 Å². The Labute approximate surface area is 107 Å². The van der Waals surface area contributed by atoms with E-state index >= 15 is 0 Å². The van der Waals surface area contributed by atoms with E-state index in [4.69, 9.17) is 12.2 Å². The molecule has 1 unspecified atom stereocenters. The molecule has 0 aromatic rings. The summed E-state index contributed by atoms with van der Waals surface area (Å²) in [5, 5.41) is 2.86. The molecule has 17 heavy (non-hydrogen) atoms. The average Bonchev–Trinajstić information content (AvgIpc) is 2.35. The predicted molar refractivity (Wildman–Crippen MR) is 68.2 cm³/mol. The van der Waals surface area contributed by atoms with Gasteiger partial charge in [0.05, 0.1) is 0 Å². The number of thiocarbonyl (C=S) groups is 1. The van der Waals surface area contributed by atoms with Crippen molar-refractivity contribution >= 4 is 29.1 Å². The van der Waals surface area contributed by atoms with E-state index in [0.29, 0.717) is 0 Å². The zero-order valence-corrected chi connectivity index (χ0v) is 11.1. The summed E-state index contributed by atoms with van der Waals surface area (Å²) in [4.78, 5) is 25.9. The van der Waals surface area contributed by atoms with Crippen molar-refractivity contribution in [3.63, 3.8) is 0 Å². The Morgan fingerprint density at radius 1 is 1.29 bits per heavy atom. The molecule has 0 spiro atoms. The van der Waals surface area contributed by atoms with Crippen LogP contribution in [0.1, 0.15) is 39.0 Å². The zero-order chi connectivity index (χ0) is 12.6. The normalized spacial score (nSPS) is 31.6. The van der Waals surface area contributed by atoms with Crippen LogP contribution in [0.15, 0.2) is 0 Å². The molecule has 2 rings (SSSR count). The van der Waals surface area contributed by atoms with E-state index in [9.17, 15) is 9.59 Å². The molecule has 1 saturated heterocycles. The van der Waals surface area contributed by atoms with Crippen LogP contribution in [0, 0.1) is 11.3 Å². The number of nitrogens with zero attached hydrogens (tertiary/aromatic N) is 1. The summed E-state index contributed by atoms with van der Waals surface area (Å²) < 4.78 is 0. The first-order chi connectivity index (χ1) is 7.98. The fourth-order valence-corrected chi connectivity index (χ4v) is 3.06. The van der Waals surface area contributed by atoms with Gasteiger partial charge in [-0.1, -0.05) is 19.3 Å². The number of amides is 2. The monoisotopic (exact) mass is 254 g/mol. The van der Waals surface area contributed by atoms with Gasteiger partial charge in [-0.3, -0.25) is 14.5 Å². The Balaban J connectivity index is 2.29. The third kappa shape index (κ3) is 1.86. The second-order valence-electron chi connectivity index (χ2n) is 5.16. The summed E-state index contributed by atoms with van der Waals surface area (Å²) in [6.45, 7) is 1.76. The number of rotatable bonds is 1. The molecule has 0 aromatic carbocycles. The third-order valence-electron chi connectivity index (χ3n) is 4.17. The average molecular weight is 254 g/mol. The van der Waals surface area contributed by atoms with Crippen molar-refractivity contribution < 1.29 is 9.59 Å². The van der Waals surface area contributed by atoms with Crippen molar-refractivity contribution in [2.24, 2.45) is 11.3 Å². The Bertz CT molecular complexity index is 377. The molecule has 1 N–H and O–H groups in total. The molecule has 2 amide bonds. The lowest BCUT2D eigenvalue weighted by Gasteiger charge is -2.43. The molecule has 1 atom stereocenters. The van der Waals surface area contributed by atoms with E-state index in [-0.39, 0.29) is 22.8 Å². The Morgan fingerprint density at radius 3 is 2.47 bits per heavy atom. The highest BCUT2D eigenvalue weighted by atomic mass is 32.1. The first-order valence-corrected chi connectivity index (χ1v) is 6.52. The van der Waals surface area contributed by atoms with Crippen LogP contribution in [-0.4, -0.2) is 28.9 Å². The highest BCUT2D eigenvalue weighted by Gasteiger charge is 2.52. The van der Waals surface area contributed by atoms with E-state index in [2.05, 4.69) is 5.32 Å². The molecule has 4 nitrogen and oxygen atoms in total. The summed E-state index contributed by atoms with van der Waals surface area (Å²) in [5.41, 5.74) is -0.933. The van der Waals surface area contributed by atoms with Crippen molar-refractivity contribution in [1.29, 1.82) is 0 Å². The summed E-state index contributed by atoms with van der Waals surface area (Å²) in [6, 6.07) is 0. The van der Waals surface area contributed by atoms with Crippen LogP contribution in [0.5, 0.6) is 0 Å². The van der Waals surface area contributed by atoms with Gasteiger partial charge in [0.1, 0.15) is 5.41 Å². The van der Waals surface area contributed by atoms with E-state index in [1.54, 1.807) is 14.0 Å². The minimum absolute atomic E-state index is 0.147. The maximum absolute atomic E-state index is 12.3. The number of hydrogen-bond acceptors (Lipinski definition) is 3. The van der Waals surface area contributed by atoms with Crippen LogP contribution in [0.25, 0.3) is 0 Å². The minimum Gasteiger partial charge on any atom is -0.302 e. The number of nitrogens with one attached hydrogen (secondary N) is 1. The molecule has 1 heterocycles. The molecule has 0 aromatic heterocycles. The highest BCUT2D eigenvalue weighted by molar-refractivity contribution is 7.80. The molecule has 2 aliphatic rings. The van der Waals surface area contributed by atoms with Gasteiger partial charge in [-0.15, -0.1) is 0 Å². The zero-order valence-electron chi connectivity index (χ0n) is 10.3. The van der Waals surface area contributed by atoms with Crippen LogP contribution >= 0.6 is 12.2 Å². The molecule has 1 saturated carbocycles. The summed E-state index contributed by atoms with van der Waals surface area (Å²) in [6.07, 6.45) is 5.33. The lowest BCUT2D eigenvalue weighted by molar-refractivity contribution is -0.153. The summed E-state index contributed by atoms with van der Waals surface area (Å²) >= 11 is 4.96. The van der Waals surface area contributed by atoms with E-state index < -0.39 is 5.41 Å². The third-order valence-corrected chi connectivity index (χ3v) is 4.54. The molecular formula is C12H18N2O2S. The first-order valence-electron chi connectivity index (χ1n) is 6.11. The van der Waals surface area contributed by atoms with Gasteiger partial charge in [0.15, 0.2) is 5.11 Å². The van der Waals surface area contributed by atoms with Crippen LogP contribution in [-0.2, 0) is 9.59 Å². The molecule has 5 heteroatoms. The topological polar surface area (TPSA) is 49.4 Å². The second kappa shape index (κ2) is 4.37. The predicted octanol–water partition coefficient (Wildman–Crippen LogP) is 1.45. The largest absolute Gasteiger partial charge is 0.302 e. The fourth-order valence-electron chi connectivity index (χ4n) is 2.89. The molecular weight excluding hydrogens is 236 g/mol. The minimum atomic E-state index is -0.933. The van der Waals surface area contributed by atoms with E-state index in [1.165, 1.54) is 11.3 Å². The van der Waals surface area contributed by atoms with Gasteiger partial charge in [0.2, 0.25) is 11.8 Å². The molecule has 2 fully saturated rings. The number of hydrogen-bond donors (Lipinski definition) is 1. The van der Waals surface area contributed by atoms with Gasteiger partial charge in [0.25, 0.3) is 0 Å². The van der Waals surface area contributed by atoms with E-state index in [1.807, 2.05) is 0 Å². The Kier molecular flexibility index (Phi) is 3.21. The smallest absolute Gasteiger partial charge is 0.244 e. The van der Waals surface area contributed by atoms with Crippen LogP contribution in [0.4, 0.5) is 0 Å². The maximum Gasteiger partial charge on any atom is 0.244 e. The molecule has 1 aliphatic carbocycles. The van der Waals surface area contributed by atoms with Crippen molar-refractivity contribution in [2.75, 3.05) is 7.05 Å². The fraction of sp³-hybridized carbons (Fsp3) is 0.750. The number of carbonyl (C=O) groups excluding carboxylic acids is 2. The van der Waals surface area contributed by atoms with Crippen molar-refractivity contribution in [3.8, 4) is 0 Å².